The van der Waals surface area contributed by atoms with Crippen LogP contribution in [0.2, 0.25) is 5.02 Å². The lowest BCUT2D eigenvalue weighted by atomic mass is 10.0. The van der Waals surface area contributed by atoms with Gasteiger partial charge in [0.1, 0.15) is 0 Å². The number of aryl methyl sites for hydroxylation is 1. The van der Waals surface area contributed by atoms with E-state index in [-0.39, 0.29) is 0 Å². The second-order valence-corrected chi connectivity index (χ2v) is 4.31. The number of nitrogens with one attached hydrogen (secondary N) is 1. The Balaban J connectivity index is 2.40. The molecule has 0 aromatic heterocycles. The average molecular weight is 211 g/mol. The molecule has 0 amide bonds. The molecule has 1 aliphatic rings. The Bertz CT molecular complexity index is 343. The molecule has 2 nitrogen and oxygen atoms in total. The molecule has 3 heteroatoms. The minimum absolute atomic E-state index is 0.396. The van der Waals surface area contributed by atoms with Gasteiger partial charge in [-0.1, -0.05) is 11.6 Å². The highest BCUT2D eigenvalue weighted by atomic mass is 35.5. The van der Waals surface area contributed by atoms with E-state index in [4.69, 9.17) is 17.3 Å². The molecule has 2 rings (SSSR count). The molecule has 3 N–H and O–H groups in total. The summed E-state index contributed by atoms with van der Waals surface area (Å²) in [6, 6.07) is 4.29. The van der Waals surface area contributed by atoms with Gasteiger partial charge in [0.2, 0.25) is 0 Å². The fourth-order valence-electron chi connectivity index (χ4n) is 2.02. The smallest absolute Gasteiger partial charge is 0.0413 e. The van der Waals surface area contributed by atoms with Gasteiger partial charge in [-0.15, -0.1) is 0 Å². The second kappa shape index (κ2) is 3.79. The van der Waals surface area contributed by atoms with Crippen LogP contribution in [0, 0.1) is 6.92 Å². The Morgan fingerprint density at radius 1 is 1.50 bits per heavy atom. The standard InChI is InChI=1S/C11H15ClN2/c1-7-5-8(12)6-9(11(7)13)10-3-2-4-14-10/h5-6,10,14H,2-4,13H2,1H3/t10-/m0/s1. The van der Waals surface area contributed by atoms with Gasteiger partial charge in [-0.05, 0) is 49.6 Å². The maximum Gasteiger partial charge on any atom is 0.0413 e. The third kappa shape index (κ3) is 1.72. The fourth-order valence-corrected chi connectivity index (χ4v) is 2.30. The maximum absolute atomic E-state index is 6.03. The molecule has 0 saturated carbocycles. The largest absolute Gasteiger partial charge is 0.398 e. The third-order valence-corrected chi connectivity index (χ3v) is 3.04. The summed E-state index contributed by atoms with van der Waals surface area (Å²) >= 11 is 6.02. The van der Waals surface area contributed by atoms with Crippen molar-refractivity contribution in [3.8, 4) is 0 Å². The van der Waals surface area contributed by atoms with Crippen molar-refractivity contribution < 1.29 is 0 Å². The average Bonchev–Trinajstić information content (AvgIpc) is 2.63. The van der Waals surface area contributed by atoms with Crippen LogP contribution in [0.1, 0.15) is 30.0 Å². The first-order valence-electron chi connectivity index (χ1n) is 4.97. The summed E-state index contributed by atoms with van der Waals surface area (Å²) in [5, 5.41) is 4.21. The minimum Gasteiger partial charge on any atom is -0.398 e. The zero-order valence-electron chi connectivity index (χ0n) is 8.31. The minimum atomic E-state index is 0.396. The molecule has 1 aromatic rings. The van der Waals surface area contributed by atoms with Crippen molar-refractivity contribution in [1.29, 1.82) is 0 Å². The van der Waals surface area contributed by atoms with Crippen LogP contribution in [0.15, 0.2) is 12.1 Å². The maximum atomic E-state index is 6.03. The lowest BCUT2D eigenvalue weighted by molar-refractivity contribution is 0.649. The first-order chi connectivity index (χ1) is 6.68. The molecule has 0 radical (unpaired) electrons. The highest BCUT2D eigenvalue weighted by molar-refractivity contribution is 6.30. The zero-order valence-corrected chi connectivity index (χ0v) is 9.06. The van der Waals surface area contributed by atoms with Crippen molar-refractivity contribution in [3.63, 3.8) is 0 Å². The second-order valence-electron chi connectivity index (χ2n) is 3.87. The number of benzene rings is 1. The molecule has 1 saturated heterocycles. The third-order valence-electron chi connectivity index (χ3n) is 2.82. The van der Waals surface area contributed by atoms with Crippen molar-refractivity contribution in [2.24, 2.45) is 0 Å². The Morgan fingerprint density at radius 2 is 2.29 bits per heavy atom. The van der Waals surface area contributed by atoms with Gasteiger partial charge in [0.25, 0.3) is 0 Å². The number of halogens is 1. The first kappa shape index (κ1) is 9.81. The van der Waals surface area contributed by atoms with E-state index in [2.05, 4.69) is 5.32 Å². The molecule has 76 valence electrons. The van der Waals surface area contributed by atoms with Crippen LogP contribution in [0.4, 0.5) is 5.69 Å². The van der Waals surface area contributed by atoms with Crippen molar-refractivity contribution in [3.05, 3.63) is 28.3 Å². The number of anilines is 1. The van der Waals surface area contributed by atoms with E-state index in [1.807, 2.05) is 19.1 Å². The molecule has 1 fully saturated rings. The van der Waals surface area contributed by atoms with Gasteiger partial charge in [-0.2, -0.15) is 0 Å². The van der Waals surface area contributed by atoms with Crippen LogP contribution in [0.25, 0.3) is 0 Å². The van der Waals surface area contributed by atoms with E-state index >= 15 is 0 Å². The summed E-state index contributed by atoms with van der Waals surface area (Å²) in [5.41, 5.74) is 9.15. The summed E-state index contributed by atoms with van der Waals surface area (Å²) in [4.78, 5) is 0. The van der Waals surface area contributed by atoms with Crippen LogP contribution in [-0.2, 0) is 0 Å². The van der Waals surface area contributed by atoms with Crippen LogP contribution in [-0.4, -0.2) is 6.54 Å². The van der Waals surface area contributed by atoms with Gasteiger partial charge >= 0.3 is 0 Å². The lowest BCUT2D eigenvalue weighted by Crippen LogP contribution is -2.15. The molecular weight excluding hydrogens is 196 g/mol. The van der Waals surface area contributed by atoms with Gasteiger partial charge in [0.05, 0.1) is 0 Å². The molecule has 1 heterocycles. The summed E-state index contributed by atoms with van der Waals surface area (Å²) in [6.07, 6.45) is 2.37. The van der Waals surface area contributed by atoms with Gasteiger partial charge in [-0.25, -0.2) is 0 Å². The lowest BCUT2D eigenvalue weighted by Gasteiger charge is -2.15. The molecule has 1 aliphatic heterocycles. The number of nitrogens with two attached hydrogens (primary N) is 1. The molecule has 0 bridgehead atoms. The summed E-state index contributed by atoms with van der Waals surface area (Å²) < 4.78 is 0. The number of nitrogen functional groups attached to an aromatic ring is 1. The van der Waals surface area contributed by atoms with E-state index in [9.17, 15) is 0 Å². The Hall–Kier alpha value is -0.730. The van der Waals surface area contributed by atoms with Crippen LogP contribution in [0.3, 0.4) is 0 Å². The van der Waals surface area contributed by atoms with Gasteiger partial charge in [0, 0.05) is 16.8 Å². The fraction of sp³-hybridized carbons (Fsp3) is 0.455. The predicted molar refractivity (Wildman–Crippen MR) is 60.6 cm³/mol. The monoisotopic (exact) mass is 210 g/mol. The van der Waals surface area contributed by atoms with E-state index in [0.29, 0.717) is 6.04 Å². The first-order valence-corrected chi connectivity index (χ1v) is 5.35. The molecule has 1 aromatic carbocycles. The van der Waals surface area contributed by atoms with Crippen LogP contribution >= 0.6 is 11.6 Å². The van der Waals surface area contributed by atoms with Crippen molar-refractivity contribution in [2.75, 3.05) is 12.3 Å². The topological polar surface area (TPSA) is 38.0 Å². The van der Waals surface area contributed by atoms with E-state index in [1.54, 1.807) is 0 Å². The van der Waals surface area contributed by atoms with Gasteiger partial charge < -0.3 is 11.1 Å². The summed E-state index contributed by atoms with van der Waals surface area (Å²) in [7, 11) is 0. The molecule has 0 unspecified atom stereocenters. The summed E-state index contributed by atoms with van der Waals surface area (Å²) in [5.74, 6) is 0. The predicted octanol–water partition coefficient (Wildman–Crippen LogP) is 2.66. The highest BCUT2D eigenvalue weighted by Gasteiger charge is 2.19. The molecule has 0 spiro atoms. The van der Waals surface area contributed by atoms with E-state index in [1.165, 1.54) is 6.42 Å². The quantitative estimate of drug-likeness (QED) is 0.700. The molecule has 14 heavy (non-hydrogen) atoms. The van der Waals surface area contributed by atoms with Crippen LogP contribution in [0.5, 0.6) is 0 Å². The molecular formula is C11H15ClN2. The molecule has 0 aliphatic carbocycles. The Morgan fingerprint density at radius 3 is 2.93 bits per heavy atom. The Labute approximate surface area is 89.4 Å². The van der Waals surface area contributed by atoms with E-state index in [0.717, 1.165) is 34.8 Å². The van der Waals surface area contributed by atoms with Crippen molar-refractivity contribution >= 4 is 17.3 Å². The molecule has 1 atom stereocenters. The van der Waals surface area contributed by atoms with Gasteiger partial charge in [0.15, 0.2) is 0 Å². The zero-order chi connectivity index (χ0) is 10.1. The SMILES string of the molecule is Cc1cc(Cl)cc([C@@H]2CCCN2)c1N. The van der Waals surface area contributed by atoms with Crippen molar-refractivity contribution in [1.82, 2.24) is 5.32 Å². The van der Waals surface area contributed by atoms with Crippen LogP contribution < -0.4 is 11.1 Å². The Kier molecular flexibility index (Phi) is 2.66. The number of hydrogen-bond acceptors (Lipinski definition) is 2. The van der Waals surface area contributed by atoms with E-state index < -0.39 is 0 Å². The normalized spacial score (nSPS) is 21.4. The van der Waals surface area contributed by atoms with Gasteiger partial charge in [-0.3, -0.25) is 0 Å². The summed E-state index contributed by atoms with van der Waals surface area (Å²) in [6.45, 7) is 3.08. The number of rotatable bonds is 1. The number of hydrogen-bond donors (Lipinski definition) is 2. The van der Waals surface area contributed by atoms with Crippen molar-refractivity contribution in [2.45, 2.75) is 25.8 Å². The highest BCUT2D eigenvalue weighted by Crippen LogP contribution is 2.32.